The van der Waals surface area contributed by atoms with Gasteiger partial charge in [0, 0.05) is 76.1 Å². The molecule has 2 aromatic rings. The maximum Gasteiger partial charge on any atom is 0.0558 e. The van der Waals surface area contributed by atoms with Crippen molar-refractivity contribution in [3.05, 3.63) is 63.4 Å². The Hall–Kier alpha value is -0.593. The molecular formula is C16H30N4Rh2-2. The SMILES string of the molecule is CC.CC.Cc1cncc(C)n1.[CH3-].[CH3-].[Rh].[Rh].c1cnccn1. The minimum Gasteiger partial charge on any atom is -0.358 e. The minimum atomic E-state index is 0. The van der Waals surface area contributed by atoms with Crippen LogP contribution in [0, 0.1) is 28.7 Å². The van der Waals surface area contributed by atoms with Gasteiger partial charge in [0.15, 0.2) is 0 Å². The molecule has 0 saturated heterocycles. The van der Waals surface area contributed by atoms with Gasteiger partial charge in [-0.3, -0.25) is 19.9 Å². The van der Waals surface area contributed by atoms with E-state index in [2.05, 4.69) is 19.9 Å². The van der Waals surface area contributed by atoms with E-state index in [1.165, 1.54) is 0 Å². The second-order valence-electron chi connectivity index (χ2n) is 2.70. The summed E-state index contributed by atoms with van der Waals surface area (Å²) < 4.78 is 0. The van der Waals surface area contributed by atoms with Crippen molar-refractivity contribution in [3.8, 4) is 0 Å². The Morgan fingerprint density at radius 2 is 0.864 bits per heavy atom. The molecule has 2 rings (SSSR count). The first-order chi connectivity index (χ1) is 8.79. The Bertz CT molecular complexity index is 330. The summed E-state index contributed by atoms with van der Waals surface area (Å²) in [5.41, 5.74) is 1.95. The molecule has 0 aromatic carbocycles. The van der Waals surface area contributed by atoms with Gasteiger partial charge in [0.2, 0.25) is 0 Å². The summed E-state index contributed by atoms with van der Waals surface area (Å²) in [4.78, 5) is 15.5. The molecule has 2 heterocycles. The van der Waals surface area contributed by atoms with Crippen molar-refractivity contribution in [1.82, 2.24) is 19.9 Å². The van der Waals surface area contributed by atoms with Gasteiger partial charge in [-0.2, -0.15) is 0 Å². The van der Waals surface area contributed by atoms with Gasteiger partial charge in [-0.25, -0.2) is 0 Å². The van der Waals surface area contributed by atoms with Crippen LogP contribution in [0.4, 0.5) is 0 Å². The quantitative estimate of drug-likeness (QED) is 0.408. The molecule has 4 nitrogen and oxygen atoms in total. The van der Waals surface area contributed by atoms with Crippen molar-refractivity contribution in [2.75, 3.05) is 0 Å². The van der Waals surface area contributed by atoms with Crippen LogP contribution in [0.25, 0.3) is 0 Å². The van der Waals surface area contributed by atoms with Crippen LogP contribution < -0.4 is 0 Å². The van der Waals surface area contributed by atoms with E-state index in [0.717, 1.165) is 11.4 Å². The number of hydrogen-bond donors (Lipinski definition) is 0. The first-order valence-electron chi connectivity index (χ1n) is 6.24. The molecule has 0 unspecified atom stereocenters. The summed E-state index contributed by atoms with van der Waals surface area (Å²) in [5.74, 6) is 0. The molecular weight excluding hydrogens is 454 g/mol. The number of hydrogen-bond acceptors (Lipinski definition) is 4. The van der Waals surface area contributed by atoms with E-state index < -0.39 is 0 Å². The van der Waals surface area contributed by atoms with Crippen LogP contribution in [-0.4, -0.2) is 19.9 Å². The first kappa shape index (κ1) is 37.6. The monoisotopic (exact) mass is 484 g/mol. The van der Waals surface area contributed by atoms with Crippen LogP contribution >= 0.6 is 0 Å². The average Bonchev–Trinajstić information content (AvgIpc) is 2.45. The molecule has 0 saturated carbocycles. The third kappa shape index (κ3) is 27.7. The largest absolute Gasteiger partial charge is 0.358 e. The van der Waals surface area contributed by atoms with Crippen LogP contribution in [-0.2, 0) is 39.0 Å². The summed E-state index contributed by atoms with van der Waals surface area (Å²) in [6, 6.07) is 0. The molecule has 2 aromatic heterocycles. The zero-order chi connectivity index (χ0) is 14.2. The molecule has 0 amide bonds. The van der Waals surface area contributed by atoms with E-state index >= 15 is 0 Å². The van der Waals surface area contributed by atoms with Crippen LogP contribution in [0.15, 0.2) is 37.2 Å². The zero-order valence-corrected chi connectivity index (χ0v) is 18.2. The minimum absolute atomic E-state index is 0. The molecule has 6 heteroatoms. The van der Waals surface area contributed by atoms with Crippen LogP contribution in [0.5, 0.6) is 0 Å². The van der Waals surface area contributed by atoms with E-state index in [9.17, 15) is 0 Å². The first-order valence-corrected chi connectivity index (χ1v) is 6.24. The molecule has 134 valence electrons. The predicted molar refractivity (Wildman–Crippen MR) is 89.1 cm³/mol. The van der Waals surface area contributed by atoms with Crippen molar-refractivity contribution in [3.63, 3.8) is 0 Å². The molecule has 0 fully saturated rings. The molecule has 0 N–H and O–H groups in total. The molecule has 0 bridgehead atoms. The summed E-state index contributed by atoms with van der Waals surface area (Å²) in [7, 11) is 0. The standard InChI is InChI=1S/C6H8N2.C4H4N2.2C2H6.2CH3.2Rh/c1-5-3-7-4-6(2)8-5;1-2-6-4-3-5-1;2*1-2;;;;/h3-4H,1-2H3;1-4H;2*1-2H3;2*1H3;;/q;;;;2*-1;;. The van der Waals surface area contributed by atoms with Gasteiger partial charge in [-0.15, -0.1) is 0 Å². The van der Waals surface area contributed by atoms with Gasteiger partial charge in [-0.05, 0) is 13.8 Å². The summed E-state index contributed by atoms with van der Waals surface area (Å²) in [6.45, 7) is 11.9. The Morgan fingerprint density at radius 3 is 1.00 bits per heavy atom. The Labute approximate surface area is 163 Å². The number of aryl methyl sites for hydroxylation is 2. The number of nitrogens with zero attached hydrogens (tertiary/aromatic N) is 4. The van der Waals surface area contributed by atoms with E-state index in [1.807, 2.05) is 41.5 Å². The topological polar surface area (TPSA) is 51.6 Å². The van der Waals surface area contributed by atoms with Gasteiger partial charge >= 0.3 is 0 Å². The summed E-state index contributed by atoms with van der Waals surface area (Å²) in [5, 5.41) is 0. The average molecular weight is 484 g/mol. The fourth-order valence-electron chi connectivity index (χ4n) is 0.842. The molecule has 0 aliphatic carbocycles. The van der Waals surface area contributed by atoms with Crippen LogP contribution in [0.2, 0.25) is 0 Å². The smallest absolute Gasteiger partial charge is 0.0558 e. The maximum absolute atomic E-state index is 4.11. The van der Waals surface area contributed by atoms with Gasteiger partial charge < -0.3 is 14.9 Å². The molecule has 0 spiro atoms. The fourth-order valence-corrected chi connectivity index (χ4v) is 0.842. The molecule has 0 aliphatic rings. The summed E-state index contributed by atoms with van der Waals surface area (Å²) in [6.07, 6.45) is 10.0. The van der Waals surface area contributed by atoms with E-state index in [1.54, 1.807) is 37.2 Å². The van der Waals surface area contributed by atoms with E-state index in [-0.39, 0.29) is 53.8 Å². The Balaban J connectivity index is -0.0000000419. The van der Waals surface area contributed by atoms with Crippen molar-refractivity contribution >= 4 is 0 Å². The van der Waals surface area contributed by atoms with E-state index in [0.29, 0.717) is 0 Å². The molecule has 0 aliphatic heterocycles. The van der Waals surface area contributed by atoms with Crippen molar-refractivity contribution in [1.29, 1.82) is 0 Å². The third-order valence-corrected chi connectivity index (χ3v) is 1.35. The molecule has 0 atom stereocenters. The van der Waals surface area contributed by atoms with Gasteiger partial charge in [0.1, 0.15) is 0 Å². The van der Waals surface area contributed by atoms with Gasteiger partial charge in [0.05, 0.1) is 11.4 Å². The number of rotatable bonds is 0. The van der Waals surface area contributed by atoms with Crippen molar-refractivity contribution < 1.29 is 39.0 Å². The Kier molecular flexibility index (Phi) is 55.3. The number of aromatic nitrogens is 4. The Morgan fingerprint density at radius 1 is 0.591 bits per heavy atom. The van der Waals surface area contributed by atoms with Crippen molar-refractivity contribution in [2.24, 2.45) is 0 Å². The summed E-state index contributed by atoms with van der Waals surface area (Å²) >= 11 is 0. The normalized spacial score (nSPS) is 6.09. The van der Waals surface area contributed by atoms with Gasteiger partial charge in [0.25, 0.3) is 0 Å². The van der Waals surface area contributed by atoms with Crippen molar-refractivity contribution in [2.45, 2.75) is 41.5 Å². The van der Waals surface area contributed by atoms with Gasteiger partial charge in [-0.1, -0.05) is 27.7 Å². The second kappa shape index (κ2) is 32.4. The fraction of sp³-hybridized carbons (Fsp3) is 0.375. The zero-order valence-electron chi connectivity index (χ0n) is 14.9. The maximum atomic E-state index is 4.11. The van der Waals surface area contributed by atoms with Crippen LogP contribution in [0.3, 0.4) is 0 Å². The van der Waals surface area contributed by atoms with E-state index in [4.69, 9.17) is 0 Å². The molecule has 2 radical (unpaired) electrons. The third-order valence-electron chi connectivity index (χ3n) is 1.35. The van der Waals surface area contributed by atoms with Crippen LogP contribution in [0.1, 0.15) is 39.1 Å². The predicted octanol–water partition coefficient (Wildman–Crippen LogP) is 4.52. The molecule has 22 heavy (non-hydrogen) atoms. The second-order valence-corrected chi connectivity index (χ2v) is 2.70.